The number of ether oxygens (including phenoxy) is 1. The molecular weight excluding hydrogens is 241 g/mol. The van der Waals surface area contributed by atoms with Crippen molar-refractivity contribution < 1.29 is 9.13 Å². The summed E-state index contributed by atoms with van der Waals surface area (Å²) in [6, 6.07) is 4.89. The van der Waals surface area contributed by atoms with Gasteiger partial charge in [0.05, 0.1) is 18.2 Å². The van der Waals surface area contributed by atoms with Crippen molar-refractivity contribution in [1.29, 1.82) is 0 Å². The van der Waals surface area contributed by atoms with Gasteiger partial charge in [-0.15, -0.1) is 0 Å². The third kappa shape index (κ3) is 3.95. The molecule has 0 saturated heterocycles. The molecule has 4 heteroatoms. The summed E-state index contributed by atoms with van der Waals surface area (Å²) in [4.78, 5) is 0. The Hall–Kier alpha value is -0.640. The van der Waals surface area contributed by atoms with Crippen molar-refractivity contribution in [1.82, 2.24) is 0 Å². The minimum atomic E-state index is -0.412. The first kappa shape index (κ1) is 14.4. The van der Waals surface area contributed by atoms with Crippen molar-refractivity contribution in [3.8, 4) is 0 Å². The summed E-state index contributed by atoms with van der Waals surface area (Å²) >= 11 is 5.68. The zero-order valence-corrected chi connectivity index (χ0v) is 11.1. The maximum Gasteiger partial charge on any atom is 0.147 e. The lowest BCUT2D eigenvalue weighted by atomic mass is 9.96. The van der Waals surface area contributed by atoms with Crippen molar-refractivity contribution in [2.45, 2.75) is 38.8 Å². The smallest absolute Gasteiger partial charge is 0.147 e. The lowest BCUT2D eigenvalue weighted by Gasteiger charge is -2.26. The van der Waals surface area contributed by atoms with Crippen LogP contribution in [-0.4, -0.2) is 12.1 Å². The van der Waals surface area contributed by atoms with Crippen LogP contribution in [0, 0.1) is 5.82 Å². The Morgan fingerprint density at radius 1 is 1.35 bits per heavy atom. The van der Waals surface area contributed by atoms with Crippen LogP contribution in [0.15, 0.2) is 18.2 Å². The first-order chi connectivity index (χ1) is 8.02. The summed E-state index contributed by atoms with van der Waals surface area (Å²) in [6.45, 7) is 4.66. The highest BCUT2D eigenvalue weighted by atomic mass is 35.5. The van der Waals surface area contributed by atoms with E-state index in [0.717, 1.165) is 12.8 Å². The van der Waals surface area contributed by atoms with Crippen molar-refractivity contribution in [3.63, 3.8) is 0 Å². The van der Waals surface area contributed by atoms with Gasteiger partial charge in [-0.05, 0) is 18.9 Å². The van der Waals surface area contributed by atoms with Gasteiger partial charge in [0.2, 0.25) is 0 Å². The molecule has 0 radical (unpaired) electrons. The van der Waals surface area contributed by atoms with E-state index in [-0.39, 0.29) is 17.2 Å². The monoisotopic (exact) mass is 259 g/mol. The molecule has 0 heterocycles. The molecule has 17 heavy (non-hydrogen) atoms. The lowest BCUT2D eigenvalue weighted by Crippen LogP contribution is -2.43. The highest BCUT2D eigenvalue weighted by Gasteiger charge is 2.20. The van der Waals surface area contributed by atoms with Crippen LogP contribution in [-0.2, 0) is 11.3 Å². The van der Waals surface area contributed by atoms with E-state index < -0.39 is 5.82 Å². The van der Waals surface area contributed by atoms with Crippen molar-refractivity contribution in [2.75, 3.05) is 6.61 Å². The fourth-order valence-electron chi connectivity index (χ4n) is 1.48. The largest absolute Gasteiger partial charge is 0.375 e. The number of hydrogen-bond acceptors (Lipinski definition) is 2. The molecule has 96 valence electrons. The number of rotatable bonds is 6. The SMILES string of the molecule is CCC(N)(CC)COCc1cccc(Cl)c1F. The van der Waals surface area contributed by atoms with E-state index in [1.807, 2.05) is 13.8 Å². The van der Waals surface area contributed by atoms with Crippen LogP contribution >= 0.6 is 11.6 Å². The molecule has 1 rings (SSSR count). The van der Waals surface area contributed by atoms with Gasteiger partial charge in [-0.2, -0.15) is 0 Å². The first-order valence-electron chi connectivity index (χ1n) is 5.82. The van der Waals surface area contributed by atoms with Gasteiger partial charge in [0, 0.05) is 11.1 Å². The van der Waals surface area contributed by atoms with E-state index in [2.05, 4.69) is 0 Å². The standard InChI is InChI=1S/C13H19ClFNO/c1-3-13(16,4-2)9-17-8-10-6-5-7-11(14)12(10)15/h5-7H,3-4,8-9,16H2,1-2H3. The Morgan fingerprint density at radius 2 is 2.00 bits per heavy atom. The molecular formula is C13H19ClFNO. The van der Waals surface area contributed by atoms with E-state index >= 15 is 0 Å². The van der Waals surface area contributed by atoms with Crippen LogP contribution in [0.25, 0.3) is 0 Å². The Balaban J connectivity index is 2.54. The quantitative estimate of drug-likeness (QED) is 0.849. The second-order valence-corrected chi connectivity index (χ2v) is 4.68. The molecule has 0 aliphatic carbocycles. The number of benzene rings is 1. The summed E-state index contributed by atoms with van der Waals surface area (Å²) < 4.78 is 19.0. The Kier molecular flexibility index (Phi) is 5.37. The summed E-state index contributed by atoms with van der Waals surface area (Å²) in [5, 5.41) is 0.121. The van der Waals surface area contributed by atoms with Crippen LogP contribution in [0.4, 0.5) is 4.39 Å². The molecule has 0 aliphatic rings. The lowest BCUT2D eigenvalue weighted by molar-refractivity contribution is 0.0680. The minimum absolute atomic E-state index is 0.121. The van der Waals surface area contributed by atoms with E-state index in [4.69, 9.17) is 22.1 Å². The normalized spacial score (nSPS) is 11.8. The van der Waals surface area contributed by atoms with Gasteiger partial charge < -0.3 is 10.5 Å². The average Bonchev–Trinajstić information content (AvgIpc) is 2.34. The maximum absolute atomic E-state index is 13.5. The molecule has 0 spiro atoms. The average molecular weight is 260 g/mol. The van der Waals surface area contributed by atoms with Crippen LogP contribution in [0.3, 0.4) is 0 Å². The molecule has 0 unspecified atom stereocenters. The summed E-state index contributed by atoms with van der Waals surface area (Å²) in [5.41, 5.74) is 6.22. The molecule has 0 amide bonds. The fourth-order valence-corrected chi connectivity index (χ4v) is 1.67. The molecule has 0 bridgehead atoms. The molecule has 0 fully saturated rings. The molecule has 1 aromatic carbocycles. The molecule has 0 atom stereocenters. The Morgan fingerprint density at radius 3 is 2.59 bits per heavy atom. The van der Waals surface area contributed by atoms with Gasteiger partial charge in [0.15, 0.2) is 0 Å². The van der Waals surface area contributed by atoms with Gasteiger partial charge >= 0.3 is 0 Å². The van der Waals surface area contributed by atoms with E-state index in [1.54, 1.807) is 12.1 Å². The van der Waals surface area contributed by atoms with Gasteiger partial charge in [0.1, 0.15) is 5.82 Å². The van der Waals surface area contributed by atoms with Crippen molar-refractivity contribution >= 4 is 11.6 Å². The van der Waals surface area contributed by atoms with Crippen LogP contribution in [0.1, 0.15) is 32.3 Å². The number of hydrogen-bond donors (Lipinski definition) is 1. The molecule has 0 aromatic heterocycles. The van der Waals surface area contributed by atoms with E-state index in [9.17, 15) is 4.39 Å². The summed E-state index contributed by atoms with van der Waals surface area (Å²) in [7, 11) is 0. The third-order valence-corrected chi connectivity index (χ3v) is 3.38. The predicted octanol–water partition coefficient (Wildman–Crippen LogP) is 3.51. The molecule has 0 aliphatic heterocycles. The van der Waals surface area contributed by atoms with Crippen LogP contribution in [0.5, 0.6) is 0 Å². The Labute approximate surface area is 107 Å². The fraction of sp³-hybridized carbons (Fsp3) is 0.538. The minimum Gasteiger partial charge on any atom is -0.375 e. The Bertz CT molecular complexity index is 366. The van der Waals surface area contributed by atoms with Gasteiger partial charge in [-0.25, -0.2) is 4.39 Å². The van der Waals surface area contributed by atoms with Crippen LogP contribution < -0.4 is 5.73 Å². The zero-order chi connectivity index (χ0) is 12.9. The molecule has 1 aromatic rings. The first-order valence-corrected chi connectivity index (χ1v) is 6.19. The second-order valence-electron chi connectivity index (χ2n) is 4.28. The van der Waals surface area contributed by atoms with E-state index in [1.165, 1.54) is 6.07 Å². The maximum atomic E-state index is 13.5. The second kappa shape index (κ2) is 6.34. The topological polar surface area (TPSA) is 35.2 Å². The number of nitrogens with two attached hydrogens (primary N) is 1. The number of halogens is 2. The molecule has 0 saturated carbocycles. The summed E-state index contributed by atoms with van der Waals surface area (Å²) in [5.74, 6) is -0.412. The summed E-state index contributed by atoms with van der Waals surface area (Å²) in [6.07, 6.45) is 1.67. The van der Waals surface area contributed by atoms with Crippen molar-refractivity contribution in [3.05, 3.63) is 34.6 Å². The van der Waals surface area contributed by atoms with Gasteiger partial charge in [-0.3, -0.25) is 0 Å². The van der Waals surface area contributed by atoms with Gasteiger partial charge in [-0.1, -0.05) is 37.6 Å². The van der Waals surface area contributed by atoms with Gasteiger partial charge in [0.25, 0.3) is 0 Å². The third-order valence-electron chi connectivity index (χ3n) is 3.09. The molecule has 2 nitrogen and oxygen atoms in total. The van der Waals surface area contributed by atoms with Crippen molar-refractivity contribution in [2.24, 2.45) is 5.73 Å². The molecule has 2 N–H and O–H groups in total. The van der Waals surface area contributed by atoms with Crippen LogP contribution in [0.2, 0.25) is 5.02 Å². The predicted molar refractivity (Wildman–Crippen MR) is 68.6 cm³/mol. The van der Waals surface area contributed by atoms with E-state index in [0.29, 0.717) is 12.2 Å². The highest BCUT2D eigenvalue weighted by molar-refractivity contribution is 6.30. The highest BCUT2D eigenvalue weighted by Crippen LogP contribution is 2.19. The zero-order valence-electron chi connectivity index (χ0n) is 10.3.